The van der Waals surface area contributed by atoms with Crippen molar-refractivity contribution in [3.8, 4) is 0 Å². The molecule has 1 rings (SSSR count). The van der Waals surface area contributed by atoms with Crippen molar-refractivity contribution >= 4 is 11.4 Å². The van der Waals surface area contributed by atoms with Gasteiger partial charge in [0.1, 0.15) is 0 Å². The van der Waals surface area contributed by atoms with Crippen LogP contribution in [0.5, 0.6) is 0 Å². The lowest BCUT2D eigenvalue weighted by Crippen LogP contribution is -2.15. The molecule has 96 valence electrons. The first-order valence-corrected chi connectivity index (χ1v) is 6.33. The Labute approximate surface area is 105 Å². The number of nitrogens with zero attached hydrogens (tertiary/aromatic N) is 1. The van der Waals surface area contributed by atoms with E-state index < -0.39 is 0 Å². The first-order valence-electron chi connectivity index (χ1n) is 6.33. The summed E-state index contributed by atoms with van der Waals surface area (Å²) < 4.78 is 5.52. The molecule has 0 aliphatic carbocycles. The van der Waals surface area contributed by atoms with E-state index in [2.05, 4.69) is 49.4 Å². The summed E-state index contributed by atoms with van der Waals surface area (Å²) in [7, 11) is 4.11. The average molecular weight is 236 g/mol. The quantitative estimate of drug-likeness (QED) is 0.702. The van der Waals surface area contributed by atoms with Crippen LogP contribution in [0.2, 0.25) is 0 Å². The van der Waals surface area contributed by atoms with Gasteiger partial charge in [0.25, 0.3) is 0 Å². The van der Waals surface area contributed by atoms with E-state index in [0.29, 0.717) is 0 Å². The van der Waals surface area contributed by atoms with Crippen LogP contribution in [-0.4, -0.2) is 33.9 Å². The third-order valence-electron chi connectivity index (χ3n) is 2.59. The molecular weight excluding hydrogens is 212 g/mol. The molecule has 0 bridgehead atoms. The molecule has 0 amide bonds. The van der Waals surface area contributed by atoms with Crippen molar-refractivity contribution in [3.63, 3.8) is 0 Å². The van der Waals surface area contributed by atoms with Gasteiger partial charge in [0.15, 0.2) is 0 Å². The highest BCUT2D eigenvalue weighted by Gasteiger charge is 2.01. The minimum absolute atomic E-state index is 0.766. The van der Waals surface area contributed by atoms with Gasteiger partial charge in [-0.2, -0.15) is 0 Å². The lowest BCUT2D eigenvalue weighted by atomic mass is 10.2. The summed E-state index contributed by atoms with van der Waals surface area (Å²) in [6.07, 6.45) is 2.34. The van der Waals surface area contributed by atoms with Crippen molar-refractivity contribution in [2.45, 2.75) is 19.8 Å². The number of benzene rings is 1. The molecule has 0 saturated heterocycles. The monoisotopic (exact) mass is 236 g/mol. The molecule has 0 aliphatic heterocycles. The highest BCUT2D eigenvalue weighted by atomic mass is 16.5. The van der Waals surface area contributed by atoms with Crippen molar-refractivity contribution in [1.29, 1.82) is 0 Å². The Bertz CT molecular complexity index is 313. The van der Waals surface area contributed by atoms with E-state index in [1.807, 2.05) is 6.07 Å². The molecule has 1 N–H and O–H groups in total. The van der Waals surface area contributed by atoms with Gasteiger partial charge in [0.2, 0.25) is 0 Å². The minimum Gasteiger partial charge on any atom is -0.381 e. The number of nitrogens with one attached hydrogen (secondary N) is 1. The highest BCUT2D eigenvalue weighted by Crippen LogP contribution is 2.22. The molecule has 0 atom stereocenters. The van der Waals surface area contributed by atoms with Crippen LogP contribution in [0.25, 0.3) is 0 Å². The molecule has 0 spiro atoms. The van der Waals surface area contributed by atoms with Crippen molar-refractivity contribution in [2.24, 2.45) is 0 Å². The van der Waals surface area contributed by atoms with E-state index in [-0.39, 0.29) is 0 Å². The van der Waals surface area contributed by atoms with Crippen LogP contribution in [0, 0.1) is 0 Å². The zero-order valence-corrected chi connectivity index (χ0v) is 11.2. The number of hydrogen-bond acceptors (Lipinski definition) is 3. The Hall–Kier alpha value is -1.22. The van der Waals surface area contributed by atoms with Crippen LogP contribution in [0.15, 0.2) is 24.3 Å². The topological polar surface area (TPSA) is 24.5 Å². The first kappa shape index (κ1) is 13.8. The lowest BCUT2D eigenvalue weighted by Gasteiger charge is -2.18. The SMILES string of the molecule is CCCCOCCNc1ccccc1N(C)C. The van der Waals surface area contributed by atoms with Gasteiger partial charge in [-0.1, -0.05) is 25.5 Å². The predicted molar refractivity (Wildman–Crippen MR) is 75.0 cm³/mol. The zero-order valence-electron chi connectivity index (χ0n) is 11.2. The summed E-state index contributed by atoms with van der Waals surface area (Å²) in [6, 6.07) is 8.31. The van der Waals surface area contributed by atoms with E-state index in [1.54, 1.807) is 0 Å². The molecule has 0 aromatic heterocycles. The molecular formula is C14H24N2O. The zero-order chi connectivity index (χ0) is 12.5. The molecule has 0 heterocycles. The summed E-state index contributed by atoms with van der Waals surface area (Å²) in [5.41, 5.74) is 2.37. The standard InChI is InChI=1S/C14H24N2O/c1-4-5-11-17-12-10-15-13-8-6-7-9-14(13)16(2)3/h6-9,15H,4-5,10-12H2,1-3H3. The summed E-state index contributed by atoms with van der Waals surface area (Å²) in [5, 5.41) is 3.40. The van der Waals surface area contributed by atoms with Crippen molar-refractivity contribution in [3.05, 3.63) is 24.3 Å². The third-order valence-corrected chi connectivity index (χ3v) is 2.59. The molecule has 0 saturated carbocycles. The Balaban J connectivity index is 2.31. The summed E-state index contributed by atoms with van der Waals surface area (Å²) >= 11 is 0. The Kier molecular flexibility index (Phi) is 6.48. The summed E-state index contributed by atoms with van der Waals surface area (Å²) in [6.45, 7) is 4.67. The molecule has 0 radical (unpaired) electrons. The van der Waals surface area contributed by atoms with E-state index in [1.165, 1.54) is 12.1 Å². The largest absolute Gasteiger partial charge is 0.381 e. The van der Waals surface area contributed by atoms with Crippen molar-refractivity contribution in [2.75, 3.05) is 44.1 Å². The fourth-order valence-corrected chi connectivity index (χ4v) is 1.62. The van der Waals surface area contributed by atoms with E-state index in [9.17, 15) is 0 Å². The second kappa shape index (κ2) is 7.96. The summed E-state index contributed by atoms with van der Waals surface area (Å²) in [5.74, 6) is 0. The van der Waals surface area contributed by atoms with Gasteiger partial charge < -0.3 is 15.0 Å². The van der Waals surface area contributed by atoms with Crippen LogP contribution < -0.4 is 10.2 Å². The smallest absolute Gasteiger partial charge is 0.0639 e. The molecule has 0 unspecified atom stereocenters. The molecule has 17 heavy (non-hydrogen) atoms. The van der Waals surface area contributed by atoms with Gasteiger partial charge >= 0.3 is 0 Å². The molecule has 1 aromatic rings. The third kappa shape index (κ3) is 5.09. The molecule has 0 aliphatic rings. The second-order valence-electron chi connectivity index (χ2n) is 4.30. The van der Waals surface area contributed by atoms with Crippen LogP contribution in [-0.2, 0) is 4.74 Å². The molecule has 0 fully saturated rings. The minimum atomic E-state index is 0.766. The van der Waals surface area contributed by atoms with Gasteiger partial charge in [-0.3, -0.25) is 0 Å². The maximum atomic E-state index is 5.52. The van der Waals surface area contributed by atoms with Crippen LogP contribution in [0.4, 0.5) is 11.4 Å². The van der Waals surface area contributed by atoms with Gasteiger partial charge in [-0.15, -0.1) is 0 Å². The number of anilines is 2. The Morgan fingerprint density at radius 2 is 1.94 bits per heavy atom. The lowest BCUT2D eigenvalue weighted by molar-refractivity contribution is 0.141. The summed E-state index contributed by atoms with van der Waals surface area (Å²) in [4.78, 5) is 2.11. The van der Waals surface area contributed by atoms with Crippen molar-refractivity contribution < 1.29 is 4.74 Å². The van der Waals surface area contributed by atoms with E-state index in [4.69, 9.17) is 4.74 Å². The number of rotatable bonds is 8. The van der Waals surface area contributed by atoms with Crippen LogP contribution in [0.1, 0.15) is 19.8 Å². The Morgan fingerprint density at radius 1 is 1.18 bits per heavy atom. The Morgan fingerprint density at radius 3 is 2.65 bits per heavy atom. The molecule has 3 nitrogen and oxygen atoms in total. The number of ether oxygens (including phenoxy) is 1. The van der Waals surface area contributed by atoms with Crippen molar-refractivity contribution in [1.82, 2.24) is 0 Å². The predicted octanol–water partition coefficient (Wildman–Crippen LogP) is 2.98. The molecule has 3 heteroatoms. The second-order valence-corrected chi connectivity index (χ2v) is 4.30. The average Bonchev–Trinajstić information content (AvgIpc) is 2.34. The fraction of sp³-hybridized carbons (Fsp3) is 0.571. The highest BCUT2D eigenvalue weighted by molar-refractivity contribution is 5.69. The fourth-order valence-electron chi connectivity index (χ4n) is 1.62. The number of para-hydroxylation sites is 2. The van der Waals surface area contributed by atoms with Gasteiger partial charge in [0, 0.05) is 27.2 Å². The van der Waals surface area contributed by atoms with Gasteiger partial charge in [0.05, 0.1) is 18.0 Å². The maximum absolute atomic E-state index is 5.52. The molecule has 1 aromatic carbocycles. The normalized spacial score (nSPS) is 10.3. The van der Waals surface area contributed by atoms with Crippen LogP contribution >= 0.6 is 0 Å². The van der Waals surface area contributed by atoms with Gasteiger partial charge in [-0.05, 0) is 18.6 Å². The van der Waals surface area contributed by atoms with E-state index in [0.717, 1.165) is 31.9 Å². The first-order chi connectivity index (χ1) is 8.25. The number of unbranched alkanes of at least 4 members (excludes halogenated alkanes) is 1. The number of hydrogen-bond donors (Lipinski definition) is 1. The van der Waals surface area contributed by atoms with Gasteiger partial charge in [-0.25, -0.2) is 0 Å². The maximum Gasteiger partial charge on any atom is 0.0639 e. The van der Waals surface area contributed by atoms with Crippen LogP contribution in [0.3, 0.4) is 0 Å². The van der Waals surface area contributed by atoms with E-state index >= 15 is 0 Å².